The number of amides is 2. The van der Waals surface area contributed by atoms with Gasteiger partial charge in [-0.3, -0.25) is 9.59 Å². The second-order valence-corrected chi connectivity index (χ2v) is 6.41. The monoisotopic (exact) mass is 321 g/mol. The van der Waals surface area contributed by atoms with Crippen molar-refractivity contribution in [2.75, 3.05) is 24.7 Å². The van der Waals surface area contributed by atoms with Crippen molar-refractivity contribution in [3.05, 3.63) is 0 Å². The van der Waals surface area contributed by atoms with E-state index in [0.717, 1.165) is 18.7 Å². The Bertz CT molecular complexity index is 370. The lowest BCUT2D eigenvalue weighted by Gasteiger charge is -2.29. The summed E-state index contributed by atoms with van der Waals surface area (Å²) in [6.45, 7) is 5.29. The van der Waals surface area contributed by atoms with Gasteiger partial charge >= 0.3 is 0 Å². The van der Waals surface area contributed by atoms with Crippen molar-refractivity contribution in [1.82, 2.24) is 9.80 Å². The van der Waals surface area contributed by atoms with Gasteiger partial charge in [0.05, 0.1) is 5.88 Å². The highest BCUT2D eigenvalue weighted by Gasteiger charge is 2.40. The van der Waals surface area contributed by atoms with Crippen molar-refractivity contribution in [3.8, 4) is 0 Å². The molecule has 2 amide bonds. The number of likely N-dealkylation sites (tertiary alicyclic amines) is 1. The van der Waals surface area contributed by atoms with E-state index in [1.54, 1.807) is 16.7 Å². The van der Waals surface area contributed by atoms with Crippen molar-refractivity contribution < 1.29 is 9.59 Å². The lowest BCUT2D eigenvalue weighted by molar-refractivity contribution is -0.143. The minimum absolute atomic E-state index is 0. The number of halogens is 1. The van der Waals surface area contributed by atoms with Crippen LogP contribution < -0.4 is 5.73 Å². The molecule has 5 nitrogen and oxygen atoms in total. The molecule has 0 radical (unpaired) electrons. The van der Waals surface area contributed by atoms with E-state index in [9.17, 15) is 9.59 Å². The number of carbonyl (C=O) groups is 2. The number of rotatable bonds is 3. The molecule has 0 bridgehead atoms. The molecule has 0 saturated carbocycles. The van der Waals surface area contributed by atoms with Crippen molar-refractivity contribution in [2.24, 2.45) is 11.7 Å². The molecule has 116 valence electrons. The molecule has 3 atom stereocenters. The fourth-order valence-corrected chi connectivity index (χ4v) is 4.08. The summed E-state index contributed by atoms with van der Waals surface area (Å²) in [6.07, 6.45) is 1.44. The van der Waals surface area contributed by atoms with Gasteiger partial charge in [0.25, 0.3) is 0 Å². The van der Waals surface area contributed by atoms with E-state index in [2.05, 4.69) is 6.92 Å². The van der Waals surface area contributed by atoms with Gasteiger partial charge in [0.1, 0.15) is 6.04 Å². The second-order valence-electron chi connectivity index (χ2n) is 5.41. The predicted molar refractivity (Wildman–Crippen MR) is 83.8 cm³/mol. The fraction of sp³-hybridized carbons (Fsp3) is 0.846. The summed E-state index contributed by atoms with van der Waals surface area (Å²) in [5, 5.41) is 0. The molecule has 0 aliphatic carbocycles. The lowest BCUT2D eigenvalue weighted by atomic mass is 10.1. The molecule has 0 spiro atoms. The van der Waals surface area contributed by atoms with Gasteiger partial charge in [-0.2, -0.15) is 0 Å². The SMILES string of the molecule is CCC(=O)N1CSCC1C(=O)N1CC(CN)CC1C.Cl. The van der Waals surface area contributed by atoms with E-state index in [1.165, 1.54) is 0 Å². The van der Waals surface area contributed by atoms with Crippen LogP contribution in [0, 0.1) is 5.92 Å². The van der Waals surface area contributed by atoms with Crippen molar-refractivity contribution >= 4 is 36.0 Å². The quantitative estimate of drug-likeness (QED) is 0.839. The Labute approximate surface area is 131 Å². The average Bonchev–Trinajstić information content (AvgIpc) is 3.03. The third-order valence-electron chi connectivity index (χ3n) is 4.07. The van der Waals surface area contributed by atoms with Crippen LogP contribution >= 0.6 is 24.2 Å². The van der Waals surface area contributed by atoms with Gasteiger partial charge in [-0.25, -0.2) is 0 Å². The second kappa shape index (κ2) is 7.52. The molecule has 7 heteroatoms. The molecule has 2 heterocycles. The first-order valence-corrected chi connectivity index (χ1v) is 8.11. The van der Waals surface area contributed by atoms with Crippen LogP contribution in [0.2, 0.25) is 0 Å². The number of hydrogen-bond donors (Lipinski definition) is 1. The van der Waals surface area contributed by atoms with E-state index in [4.69, 9.17) is 5.73 Å². The standard InChI is InChI=1S/C13H23N3O2S.ClH/c1-3-12(17)16-8-19-7-11(16)13(18)15-6-10(5-14)4-9(15)2;/h9-11H,3-8,14H2,1-2H3;1H. The number of thioether (sulfide) groups is 1. The normalized spacial score (nSPS) is 29.4. The Hall–Kier alpha value is -0.460. The zero-order valence-electron chi connectivity index (χ0n) is 12.1. The van der Waals surface area contributed by atoms with Gasteiger partial charge in [-0.1, -0.05) is 6.92 Å². The zero-order valence-corrected chi connectivity index (χ0v) is 13.7. The largest absolute Gasteiger partial charge is 0.338 e. The van der Waals surface area contributed by atoms with Gasteiger partial charge in [0.15, 0.2) is 0 Å². The van der Waals surface area contributed by atoms with Gasteiger partial charge in [-0.15, -0.1) is 24.2 Å². The first kappa shape index (κ1) is 17.6. The van der Waals surface area contributed by atoms with Crippen LogP contribution in [-0.4, -0.2) is 58.4 Å². The molecule has 3 unspecified atom stereocenters. The smallest absolute Gasteiger partial charge is 0.246 e. The molecule has 2 fully saturated rings. The van der Waals surface area contributed by atoms with Crippen LogP contribution in [0.15, 0.2) is 0 Å². The van der Waals surface area contributed by atoms with Crippen LogP contribution in [-0.2, 0) is 9.59 Å². The molecule has 0 aromatic carbocycles. The predicted octanol–water partition coefficient (Wildman–Crippen LogP) is 0.915. The van der Waals surface area contributed by atoms with Gasteiger partial charge < -0.3 is 15.5 Å². The molecular weight excluding hydrogens is 298 g/mol. The first-order valence-electron chi connectivity index (χ1n) is 6.96. The van der Waals surface area contributed by atoms with Crippen LogP contribution in [0.4, 0.5) is 0 Å². The number of nitrogens with zero attached hydrogens (tertiary/aromatic N) is 2. The maximum absolute atomic E-state index is 12.6. The molecule has 2 aliphatic rings. The lowest BCUT2D eigenvalue weighted by Crippen LogP contribution is -2.50. The fourth-order valence-electron chi connectivity index (χ4n) is 2.91. The molecule has 2 rings (SSSR count). The molecule has 0 aromatic heterocycles. The molecule has 0 aromatic rings. The van der Waals surface area contributed by atoms with E-state index >= 15 is 0 Å². The van der Waals surface area contributed by atoms with Gasteiger partial charge in [-0.05, 0) is 25.8 Å². The Morgan fingerprint density at radius 1 is 1.35 bits per heavy atom. The highest BCUT2D eigenvalue weighted by molar-refractivity contribution is 7.99. The highest BCUT2D eigenvalue weighted by Crippen LogP contribution is 2.28. The Kier molecular flexibility index (Phi) is 6.61. The van der Waals surface area contributed by atoms with Crippen molar-refractivity contribution in [3.63, 3.8) is 0 Å². The number of carbonyl (C=O) groups excluding carboxylic acids is 2. The van der Waals surface area contributed by atoms with Gasteiger partial charge in [0, 0.05) is 24.8 Å². The van der Waals surface area contributed by atoms with Crippen LogP contribution in [0.5, 0.6) is 0 Å². The number of nitrogens with two attached hydrogens (primary N) is 1. The maximum atomic E-state index is 12.6. The zero-order chi connectivity index (χ0) is 14.0. The maximum Gasteiger partial charge on any atom is 0.246 e. The Balaban J connectivity index is 0.00000200. The number of hydrogen-bond acceptors (Lipinski definition) is 4. The topological polar surface area (TPSA) is 66.6 Å². The minimum Gasteiger partial charge on any atom is -0.338 e. The summed E-state index contributed by atoms with van der Waals surface area (Å²) < 4.78 is 0. The molecule has 2 N–H and O–H groups in total. The van der Waals surface area contributed by atoms with E-state index in [-0.39, 0.29) is 36.3 Å². The van der Waals surface area contributed by atoms with Crippen LogP contribution in [0.25, 0.3) is 0 Å². The molecule has 2 aliphatic heterocycles. The summed E-state index contributed by atoms with van der Waals surface area (Å²) in [6, 6.07) is -0.0262. The minimum atomic E-state index is -0.267. The summed E-state index contributed by atoms with van der Waals surface area (Å²) in [5.74, 6) is 1.95. The third-order valence-corrected chi connectivity index (χ3v) is 5.08. The van der Waals surface area contributed by atoms with E-state index < -0.39 is 0 Å². The molecule has 2 saturated heterocycles. The van der Waals surface area contributed by atoms with E-state index in [0.29, 0.717) is 24.8 Å². The molecular formula is C13H24ClN3O2S. The average molecular weight is 322 g/mol. The van der Waals surface area contributed by atoms with Crippen molar-refractivity contribution in [1.29, 1.82) is 0 Å². The van der Waals surface area contributed by atoms with Crippen LogP contribution in [0.1, 0.15) is 26.7 Å². The Morgan fingerprint density at radius 2 is 2.05 bits per heavy atom. The summed E-state index contributed by atoms with van der Waals surface area (Å²) in [4.78, 5) is 28.1. The summed E-state index contributed by atoms with van der Waals surface area (Å²) >= 11 is 1.66. The summed E-state index contributed by atoms with van der Waals surface area (Å²) in [7, 11) is 0. The third kappa shape index (κ3) is 3.40. The van der Waals surface area contributed by atoms with Crippen molar-refractivity contribution in [2.45, 2.75) is 38.8 Å². The highest BCUT2D eigenvalue weighted by atomic mass is 35.5. The molecule has 20 heavy (non-hydrogen) atoms. The first-order chi connectivity index (χ1) is 9.08. The van der Waals surface area contributed by atoms with Gasteiger partial charge in [0.2, 0.25) is 11.8 Å². The van der Waals surface area contributed by atoms with Crippen LogP contribution in [0.3, 0.4) is 0 Å². The Morgan fingerprint density at radius 3 is 2.60 bits per heavy atom. The van der Waals surface area contributed by atoms with E-state index in [1.807, 2.05) is 11.8 Å². The summed E-state index contributed by atoms with van der Waals surface area (Å²) in [5.41, 5.74) is 5.70.